The van der Waals surface area contributed by atoms with Gasteiger partial charge in [-0.15, -0.1) is 0 Å². The summed E-state index contributed by atoms with van der Waals surface area (Å²) < 4.78 is 0. The SMILES string of the molecule is CC(N)(Cc1ccncc1Cl)c1ccccc1. The quantitative estimate of drug-likeness (QED) is 0.904. The van der Waals surface area contributed by atoms with Crippen LogP contribution in [0, 0.1) is 0 Å². The first-order valence-corrected chi connectivity index (χ1v) is 5.90. The average molecular weight is 247 g/mol. The van der Waals surface area contributed by atoms with Crippen LogP contribution in [0.1, 0.15) is 18.1 Å². The number of nitrogens with zero attached hydrogens (tertiary/aromatic N) is 1. The molecule has 0 saturated carbocycles. The lowest BCUT2D eigenvalue weighted by Gasteiger charge is -2.25. The van der Waals surface area contributed by atoms with E-state index < -0.39 is 5.54 Å². The molecule has 0 radical (unpaired) electrons. The highest BCUT2D eigenvalue weighted by Gasteiger charge is 2.22. The van der Waals surface area contributed by atoms with Crippen molar-refractivity contribution in [2.24, 2.45) is 5.73 Å². The molecule has 1 aromatic carbocycles. The molecule has 1 unspecified atom stereocenters. The molecule has 1 heterocycles. The molecule has 2 N–H and O–H groups in total. The number of benzene rings is 1. The highest BCUT2D eigenvalue weighted by molar-refractivity contribution is 6.31. The lowest BCUT2D eigenvalue weighted by Crippen LogP contribution is -2.35. The molecule has 1 atom stereocenters. The van der Waals surface area contributed by atoms with Gasteiger partial charge >= 0.3 is 0 Å². The van der Waals surface area contributed by atoms with E-state index in [9.17, 15) is 0 Å². The predicted molar refractivity (Wildman–Crippen MR) is 70.9 cm³/mol. The molecule has 2 rings (SSSR count). The summed E-state index contributed by atoms with van der Waals surface area (Å²) in [5, 5.41) is 0.667. The van der Waals surface area contributed by atoms with E-state index in [1.807, 2.05) is 43.3 Å². The minimum Gasteiger partial charge on any atom is -0.321 e. The van der Waals surface area contributed by atoms with Gasteiger partial charge in [0.05, 0.1) is 5.02 Å². The summed E-state index contributed by atoms with van der Waals surface area (Å²) in [6.45, 7) is 2.01. The van der Waals surface area contributed by atoms with E-state index in [0.717, 1.165) is 11.1 Å². The summed E-state index contributed by atoms with van der Waals surface area (Å²) in [5.74, 6) is 0. The number of aromatic nitrogens is 1. The lowest BCUT2D eigenvalue weighted by atomic mass is 9.87. The van der Waals surface area contributed by atoms with E-state index in [1.165, 1.54) is 0 Å². The highest BCUT2D eigenvalue weighted by atomic mass is 35.5. The first-order valence-electron chi connectivity index (χ1n) is 5.52. The third kappa shape index (κ3) is 2.84. The van der Waals surface area contributed by atoms with Crippen LogP contribution in [0.5, 0.6) is 0 Å². The maximum Gasteiger partial charge on any atom is 0.0622 e. The summed E-state index contributed by atoms with van der Waals surface area (Å²) in [5.41, 5.74) is 8.06. The van der Waals surface area contributed by atoms with Crippen LogP contribution in [0.15, 0.2) is 48.8 Å². The third-order valence-electron chi connectivity index (χ3n) is 2.85. The van der Waals surface area contributed by atoms with Crippen LogP contribution in [0.3, 0.4) is 0 Å². The highest BCUT2D eigenvalue weighted by Crippen LogP contribution is 2.25. The van der Waals surface area contributed by atoms with Gasteiger partial charge in [0, 0.05) is 17.9 Å². The Morgan fingerprint density at radius 1 is 1.24 bits per heavy atom. The minimum atomic E-state index is -0.424. The zero-order chi connectivity index (χ0) is 12.3. The molecule has 88 valence electrons. The van der Waals surface area contributed by atoms with Gasteiger partial charge in [-0.3, -0.25) is 4.98 Å². The van der Waals surface area contributed by atoms with Crippen LogP contribution < -0.4 is 5.73 Å². The van der Waals surface area contributed by atoms with Crippen molar-refractivity contribution in [3.8, 4) is 0 Å². The fraction of sp³-hybridized carbons (Fsp3) is 0.214. The van der Waals surface area contributed by atoms with E-state index in [2.05, 4.69) is 4.98 Å². The standard InChI is InChI=1S/C14H15ClN2/c1-14(16,12-5-3-2-4-6-12)9-11-7-8-17-10-13(11)15/h2-8,10H,9,16H2,1H3. The summed E-state index contributed by atoms with van der Waals surface area (Å²) in [6.07, 6.45) is 4.08. The van der Waals surface area contributed by atoms with Crippen LogP contribution >= 0.6 is 11.6 Å². The Balaban J connectivity index is 2.27. The van der Waals surface area contributed by atoms with Crippen molar-refractivity contribution >= 4 is 11.6 Å². The van der Waals surface area contributed by atoms with Gasteiger partial charge in [0.15, 0.2) is 0 Å². The van der Waals surface area contributed by atoms with E-state index in [0.29, 0.717) is 11.4 Å². The molecule has 0 fully saturated rings. The van der Waals surface area contributed by atoms with Gasteiger partial charge in [0.1, 0.15) is 0 Å². The second-order valence-electron chi connectivity index (χ2n) is 4.43. The van der Waals surface area contributed by atoms with E-state index in [4.69, 9.17) is 17.3 Å². The largest absolute Gasteiger partial charge is 0.321 e. The normalized spacial score (nSPS) is 14.3. The molecule has 17 heavy (non-hydrogen) atoms. The zero-order valence-corrected chi connectivity index (χ0v) is 10.5. The molecule has 2 nitrogen and oxygen atoms in total. The third-order valence-corrected chi connectivity index (χ3v) is 3.19. The monoisotopic (exact) mass is 246 g/mol. The molecule has 3 heteroatoms. The predicted octanol–water partition coefficient (Wildman–Crippen LogP) is 3.15. The molecular weight excluding hydrogens is 232 g/mol. The second kappa shape index (κ2) is 4.86. The molecule has 2 aromatic rings. The second-order valence-corrected chi connectivity index (χ2v) is 4.83. The molecule has 0 bridgehead atoms. The van der Waals surface area contributed by atoms with Crippen LogP contribution in [0.25, 0.3) is 0 Å². The Morgan fingerprint density at radius 2 is 1.94 bits per heavy atom. The molecular formula is C14H15ClN2. The minimum absolute atomic E-state index is 0.424. The Hall–Kier alpha value is -1.38. The lowest BCUT2D eigenvalue weighted by molar-refractivity contribution is 0.491. The van der Waals surface area contributed by atoms with Gasteiger partial charge < -0.3 is 5.73 Å². The number of halogens is 1. The summed E-state index contributed by atoms with van der Waals surface area (Å²) in [6, 6.07) is 12.0. The first kappa shape index (κ1) is 12.1. The van der Waals surface area contributed by atoms with Gasteiger partial charge in [0.25, 0.3) is 0 Å². The van der Waals surface area contributed by atoms with Crippen molar-refractivity contribution < 1.29 is 0 Å². The topological polar surface area (TPSA) is 38.9 Å². The Kier molecular flexibility index (Phi) is 3.46. The van der Waals surface area contributed by atoms with Crippen molar-refractivity contribution in [3.05, 3.63) is 64.9 Å². The number of pyridine rings is 1. The van der Waals surface area contributed by atoms with Gasteiger partial charge in [-0.2, -0.15) is 0 Å². The molecule has 0 spiro atoms. The molecule has 0 aliphatic rings. The fourth-order valence-electron chi connectivity index (χ4n) is 1.86. The summed E-state index contributed by atoms with van der Waals surface area (Å²) >= 11 is 6.10. The number of hydrogen-bond acceptors (Lipinski definition) is 2. The Bertz CT molecular complexity index is 495. The van der Waals surface area contributed by atoms with Crippen molar-refractivity contribution in [2.75, 3.05) is 0 Å². The number of hydrogen-bond donors (Lipinski definition) is 1. The summed E-state index contributed by atoms with van der Waals surface area (Å²) in [7, 11) is 0. The molecule has 1 aromatic heterocycles. The van der Waals surface area contributed by atoms with Gasteiger partial charge in [0.2, 0.25) is 0 Å². The maximum absolute atomic E-state index is 6.36. The zero-order valence-electron chi connectivity index (χ0n) is 9.73. The van der Waals surface area contributed by atoms with Crippen molar-refractivity contribution in [3.63, 3.8) is 0 Å². The Labute approximate surface area is 106 Å². The van der Waals surface area contributed by atoms with Gasteiger partial charge in [-0.25, -0.2) is 0 Å². The Morgan fingerprint density at radius 3 is 2.59 bits per heavy atom. The van der Waals surface area contributed by atoms with Gasteiger partial charge in [-0.1, -0.05) is 41.9 Å². The van der Waals surface area contributed by atoms with Crippen molar-refractivity contribution in [2.45, 2.75) is 18.9 Å². The van der Waals surface area contributed by atoms with Crippen LogP contribution in [-0.2, 0) is 12.0 Å². The van der Waals surface area contributed by atoms with Gasteiger partial charge in [-0.05, 0) is 30.5 Å². The smallest absolute Gasteiger partial charge is 0.0622 e. The van der Waals surface area contributed by atoms with E-state index >= 15 is 0 Å². The van der Waals surface area contributed by atoms with Crippen molar-refractivity contribution in [1.29, 1.82) is 0 Å². The average Bonchev–Trinajstić information content (AvgIpc) is 2.33. The van der Waals surface area contributed by atoms with Crippen LogP contribution in [-0.4, -0.2) is 4.98 Å². The maximum atomic E-state index is 6.36. The molecule has 0 aliphatic heterocycles. The van der Waals surface area contributed by atoms with Crippen molar-refractivity contribution in [1.82, 2.24) is 4.98 Å². The van der Waals surface area contributed by atoms with Crippen LogP contribution in [0.4, 0.5) is 0 Å². The number of rotatable bonds is 3. The molecule has 0 saturated heterocycles. The summed E-state index contributed by atoms with van der Waals surface area (Å²) in [4.78, 5) is 3.97. The fourth-order valence-corrected chi connectivity index (χ4v) is 2.05. The molecule has 0 aliphatic carbocycles. The van der Waals surface area contributed by atoms with E-state index in [-0.39, 0.29) is 0 Å². The van der Waals surface area contributed by atoms with E-state index in [1.54, 1.807) is 12.4 Å². The number of nitrogens with two attached hydrogens (primary N) is 1. The van der Waals surface area contributed by atoms with Crippen LogP contribution in [0.2, 0.25) is 5.02 Å². The first-order chi connectivity index (χ1) is 8.09. The molecule has 0 amide bonds.